The van der Waals surface area contributed by atoms with Gasteiger partial charge in [-0.25, -0.2) is 4.79 Å². The summed E-state index contributed by atoms with van der Waals surface area (Å²) in [7, 11) is 0. The van der Waals surface area contributed by atoms with Gasteiger partial charge in [0.25, 0.3) is 0 Å². The van der Waals surface area contributed by atoms with Crippen molar-refractivity contribution in [1.82, 2.24) is 4.57 Å². The average Bonchev–Trinajstić information content (AvgIpc) is 2.45. The second kappa shape index (κ2) is 3.02. The van der Waals surface area contributed by atoms with E-state index in [4.69, 9.17) is 5.11 Å². The van der Waals surface area contributed by atoms with Gasteiger partial charge in [-0.1, -0.05) is 18.2 Å². The lowest BCUT2D eigenvalue weighted by Gasteiger charge is -1.95. The van der Waals surface area contributed by atoms with E-state index < -0.39 is 6.09 Å². The summed E-state index contributed by atoms with van der Waals surface area (Å²) >= 11 is 2.13. The van der Waals surface area contributed by atoms with Crippen LogP contribution in [0, 0.1) is 3.57 Å². The summed E-state index contributed by atoms with van der Waals surface area (Å²) in [4.78, 5) is 10.8. The first-order valence-electron chi connectivity index (χ1n) is 3.69. The molecule has 1 aromatic carbocycles. The first-order chi connectivity index (χ1) is 6.20. The van der Waals surface area contributed by atoms with Gasteiger partial charge in [0.15, 0.2) is 0 Å². The summed E-state index contributed by atoms with van der Waals surface area (Å²) in [6.45, 7) is 0. The SMILES string of the molecule is O=C(O)n1cc(I)c2ccccc21. The molecule has 0 aliphatic heterocycles. The lowest BCUT2D eigenvalue weighted by Crippen LogP contribution is -2.05. The van der Waals surface area contributed by atoms with Gasteiger partial charge in [-0.2, -0.15) is 0 Å². The number of aromatic nitrogens is 1. The van der Waals surface area contributed by atoms with Crippen LogP contribution in [0.25, 0.3) is 10.9 Å². The van der Waals surface area contributed by atoms with E-state index in [2.05, 4.69) is 22.6 Å². The fourth-order valence-electron chi connectivity index (χ4n) is 1.30. The highest BCUT2D eigenvalue weighted by Crippen LogP contribution is 2.22. The van der Waals surface area contributed by atoms with Crippen LogP contribution in [-0.4, -0.2) is 15.8 Å². The number of hydrogen-bond donors (Lipinski definition) is 1. The van der Waals surface area contributed by atoms with Crippen molar-refractivity contribution in [1.29, 1.82) is 0 Å². The van der Waals surface area contributed by atoms with Gasteiger partial charge in [0.05, 0.1) is 5.52 Å². The van der Waals surface area contributed by atoms with Gasteiger partial charge < -0.3 is 5.11 Å². The average molecular weight is 287 g/mol. The highest BCUT2D eigenvalue weighted by Gasteiger charge is 2.09. The largest absolute Gasteiger partial charge is 0.464 e. The van der Waals surface area contributed by atoms with Gasteiger partial charge in [0, 0.05) is 15.2 Å². The number of carbonyl (C=O) groups is 1. The van der Waals surface area contributed by atoms with E-state index in [0.717, 1.165) is 14.5 Å². The predicted molar refractivity (Wildman–Crippen MR) is 58.1 cm³/mol. The smallest absolute Gasteiger partial charge is 0.416 e. The van der Waals surface area contributed by atoms with E-state index >= 15 is 0 Å². The molecule has 2 aromatic rings. The van der Waals surface area contributed by atoms with Crippen LogP contribution in [0.4, 0.5) is 4.79 Å². The maximum Gasteiger partial charge on any atom is 0.416 e. The van der Waals surface area contributed by atoms with Crippen LogP contribution in [0.2, 0.25) is 0 Å². The summed E-state index contributed by atoms with van der Waals surface area (Å²) in [6, 6.07) is 7.44. The molecular weight excluding hydrogens is 281 g/mol. The number of fused-ring (bicyclic) bond motifs is 1. The Hall–Kier alpha value is -1.04. The zero-order chi connectivity index (χ0) is 9.42. The highest BCUT2D eigenvalue weighted by molar-refractivity contribution is 14.1. The molecule has 0 saturated carbocycles. The monoisotopic (exact) mass is 287 g/mol. The summed E-state index contributed by atoms with van der Waals surface area (Å²) < 4.78 is 2.19. The molecule has 0 aliphatic carbocycles. The van der Waals surface area contributed by atoms with Crippen LogP contribution in [0.3, 0.4) is 0 Å². The lowest BCUT2D eigenvalue weighted by molar-refractivity contribution is 0.197. The standard InChI is InChI=1S/C9H6INO2/c10-7-5-11(9(12)13)8-4-2-1-3-6(7)8/h1-5H,(H,12,13). The van der Waals surface area contributed by atoms with Crippen molar-refractivity contribution in [2.24, 2.45) is 0 Å². The number of benzene rings is 1. The molecule has 0 unspecified atom stereocenters. The minimum Gasteiger partial charge on any atom is -0.464 e. The molecule has 0 saturated heterocycles. The van der Waals surface area contributed by atoms with Crippen LogP contribution in [0.1, 0.15) is 0 Å². The van der Waals surface area contributed by atoms with Crippen molar-refractivity contribution >= 4 is 39.6 Å². The molecular formula is C9H6INO2. The minimum absolute atomic E-state index is 0.736. The Labute approximate surface area is 88.1 Å². The third-order valence-electron chi connectivity index (χ3n) is 1.87. The molecule has 4 heteroatoms. The lowest BCUT2D eigenvalue weighted by atomic mass is 10.2. The predicted octanol–water partition coefficient (Wildman–Crippen LogP) is 2.77. The number of rotatable bonds is 0. The molecule has 0 fully saturated rings. The topological polar surface area (TPSA) is 42.2 Å². The zero-order valence-electron chi connectivity index (χ0n) is 6.57. The molecule has 3 nitrogen and oxygen atoms in total. The number of carboxylic acid groups (broad SMARTS) is 1. The minimum atomic E-state index is -0.945. The van der Waals surface area contributed by atoms with E-state index in [-0.39, 0.29) is 0 Å². The first-order valence-corrected chi connectivity index (χ1v) is 4.77. The van der Waals surface area contributed by atoms with Crippen LogP contribution < -0.4 is 0 Å². The van der Waals surface area contributed by atoms with E-state index in [0.29, 0.717) is 0 Å². The molecule has 2 rings (SSSR count). The fraction of sp³-hybridized carbons (Fsp3) is 0. The van der Waals surface area contributed by atoms with E-state index in [1.165, 1.54) is 4.57 Å². The van der Waals surface area contributed by atoms with Crippen molar-refractivity contribution in [3.8, 4) is 0 Å². The van der Waals surface area contributed by atoms with Crippen LogP contribution >= 0.6 is 22.6 Å². The molecule has 0 radical (unpaired) electrons. The first kappa shape index (κ1) is 8.55. The van der Waals surface area contributed by atoms with Crippen LogP contribution in [-0.2, 0) is 0 Å². The molecule has 1 N–H and O–H groups in total. The van der Waals surface area contributed by atoms with Crippen LogP contribution in [0.15, 0.2) is 30.5 Å². The number of para-hydroxylation sites is 1. The van der Waals surface area contributed by atoms with Crippen molar-refractivity contribution < 1.29 is 9.90 Å². The molecule has 0 bridgehead atoms. The van der Waals surface area contributed by atoms with E-state index in [1.807, 2.05) is 18.2 Å². The molecule has 0 atom stereocenters. The molecule has 1 heterocycles. The van der Waals surface area contributed by atoms with Gasteiger partial charge >= 0.3 is 6.09 Å². The third kappa shape index (κ3) is 1.31. The van der Waals surface area contributed by atoms with Gasteiger partial charge in [-0.15, -0.1) is 0 Å². The Morgan fingerprint density at radius 2 is 2.08 bits per heavy atom. The van der Waals surface area contributed by atoms with Gasteiger partial charge in [0.1, 0.15) is 0 Å². The van der Waals surface area contributed by atoms with E-state index in [1.54, 1.807) is 12.3 Å². The van der Waals surface area contributed by atoms with Gasteiger partial charge in [0.2, 0.25) is 0 Å². The summed E-state index contributed by atoms with van der Waals surface area (Å²) in [6.07, 6.45) is 0.673. The number of hydrogen-bond acceptors (Lipinski definition) is 1. The molecule has 1 aromatic heterocycles. The Bertz CT molecular complexity index is 475. The molecule has 0 amide bonds. The van der Waals surface area contributed by atoms with Crippen molar-refractivity contribution in [2.45, 2.75) is 0 Å². The Kier molecular flexibility index (Phi) is 1.99. The summed E-state index contributed by atoms with van der Waals surface area (Å²) in [5.41, 5.74) is 0.736. The van der Waals surface area contributed by atoms with Crippen molar-refractivity contribution in [2.75, 3.05) is 0 Å². The quantitative estimate of drug-likeness (QED) is 0.757. The van der Waals surface area contributed by atoms with Gasteiger partial charge in [-0.05, 0) is 28.7 Å². The number of halogens is 1. The normalized spacial score (nSPS) is 10.5. The Balaban J connectivity index is 2.85. The van der Waals surface area contributed by atoms with Gasteiger partial charge in [-0.3, -0.25) is 4.57 Å². The second-order valence-corrected chi connectivity index (χ2v) is 3.81. The zero-order valence-corrected chi connectivity index (χ0v) is 8.72. The van der Waals surface area contributed by atoms with Crippen LogP contribution in [0.5, 0.6) is 0 Å². The maximum atomic E-state index is 10.8. The Morgan fingerprint density at radius 3 is 2.77 bits per heavy atom. The summed E-state index contributed by atoms with van der Waals surface area (Å²) in [5, 5.41) is 9.83. The second-order valence-electron chi connectivity index (χ2n) is 2.65. The van der Waals surface area contributed by atoms with E-state index in [9.17, 15) is 4.79 Å². The molecule has 0 aliphatic rings. The summed E-state index contributed by atoms with van der Waals surface area (Å²) in [5.74, 6) is 0. The Morgan fingerprint density at radius 1 is 1.38 bits per heavy atom. The number of nitrogens with zero attached hydrogens (tertiary/aromatic N) is 1. The van der Waals surface area contributed by atoms with Crippen molar-refractivity contribution in [3.05, 3.63) is 34.0 Å². The maximum absolute atomic E-state index is 10.8. The highest BCUT2D eigenvalue weighted by atomic mass is 127. The van der Waals surface area contributed by atoms with Crippen molar-refractivity contribution in [3.63, 3.8) is 0 Å². The molecule has 66 valence electrons. The fourth-order valence-corrected chi connectivity index (χ4v) is 2.03. The molecule has 13 heavy (non-hydrogen) atoms. The molecule has 0 spiro atoms. The third-order valence-corrected chi connectivity index (χ3v) is 2.73.